The van der Waals surface area contributed by atoms with Crippen LogP contribution in [0.5, 0.6) is 0 Å². The molecule has 2 aromatic rings. The molecular formula is C16H22N4OS. The van der Waals surface area contributed by atoms with E-state index in [9.17, 15) is 0 Å². The zero-order chi connectivity index (χ0) is 15.8. The van der Waals surface area contributed by atoms with Crippen LogP contribution in [0.1, 0.15) is 24.6 Å². The fraction of sp³-hybridized carbons (Fsp3) is 0.375. The number of thiocarbonyl (C=S) groups is 1. The van der Waals surface area contributed by atoms with E-state index in [1.165, 1.54) is 0 Å². The first-order valence-corrected chi connectivity index (χ1v) is 7.85. The van der Waals surface area contributed by atoms with Crippen molar-refractivity contribution in [3.05, 3.63) is 35.5 Å². The summed E-state index contributed by atoms with van der Waals surface area (Å²) in [5.41, 5.74) is 6.11. The monoisotopic (exact) mass is 318 g/mol. The molecule has 118 valence electrons. The molecule has 3 N–H and O–H groups in total. The van der Waals surface area contributed by atoms with Gasteiger partial charge in [-0.3, -0.25) is 5.43 Å². The Morgan fingerprint density at radius 1 is 1.41 bits per heavy atom. The van der Waals surface area contributed by atoms with Crippen molar-refractivity contribution in [2.45, 2.75) is 20.3 Å². The minimum atomic E-state index is 0.519. The van der Waals surface area contributed by atoms with Crippen LogP contribution in [0.2, 0.25) is 0 Å². The number of hydrogen-bond acceptors (Lipinski definition) is 3. The van der Waals surface area contributed by atoms with Gasteiger partial charge in [0.15, 0.2) is 5.11 Å². The molecule has 6 heteroatoms. The normalized spacial score (nSPS) is 11.2. The number of aryl methyl sites for hydroxylation is 1. The molecule has 2 rings (SSSR count). The number of aromatic nitrogens is 1. The molecule has 0 atom stereocenters. The van der Waals surface area contributed by atoms with E-state index < -0.39 is 0 Å². The van der Waals surface area contributed by atoms with Crippen molar-refractivity contribution in [2.24, 2.45) is 5.10 Å². The predicted molar refractivity (Wildman–Crippen MR) is 95.5 cm³/mol. The van der Waals surface area contributed by atoms with E-state index in [2.05, 4.69) is 33.0 Å². The minimum absolute atomic E-state index is 0.519. The number of fused-ring (bicyclic) bond motifs is 1. The molecule has 0 radical (unpaired) electrons. The molecule has 0 spiro atoms. The van der Waals surface area contributed by atoms with Crippen LogP contribution in [0.4, 0.5) is 0 Å². The largest absolute Gasteiger partial charge is 0.382 e. The van der Waals surface area contributed by atoms with Gasteiger partial charge in [-0.2, -0.15) is 5.10 Å². The Bertz CT molecular complexity index is 651. The second-order valence-electron chi connectivity index (χ2n) is 4.89. The maximum atomic E-state index is 5.26. The molecule has 5 nitrogen and oxygen atoms in total. The van der Waals surface area contributed by atoms with Gasteiger partial charge in [0.1, 0.15) is 0 Å². The van der Waals surface area contributed by atoms with Crippen LogP contribution < -0.4 is 10.7 Å². The van der Waals surface area contributed by atoms with E-state index in [0.29, 0.717) is 5.11 Å². The van der Waals surface area contributed by atoms with Crippen LogP contribution in [-0.2, 0) is 4.74 Å². The van der Waals surface area contributed by atoms with Crippen LogP contribution in [0.3, 0.4) is 0 Å². The number of benzene rings is 1. The molecule has 0 saturated heterocycles. The average Bonchev–Trinajstić information content (AvgIpc) is 2.83. The Labute approximate surface area is 136 Å². The standard InChI is InChI=1S/C16H22N4OS/c1-3-21-10-6-9-17-16(22)20-18-11-14-12(2)19-15-8-5-4-7-13(14)15/h4-5,7-8,11,19H,3,6,9-10H2,1-2H3,(H2,17,20,22)/b18-11+. The minimum Gasteiger partial charge on any atom is -0.382 e. The first-order valence-electron chi connectivity index (χ1n) is 7.44. The van der Waals surface area contributed by atoms with Crippen LogP contribution >= 0.6 is 12.2 Å². The van der Waals surface area contributed by atoms with Gasteiger partial charge in [0.2, 0.25) is 0 Å². The number of hydrogen-bond donors (Lipinski definition) is 3. The summed E-state index contributed by atoms with van der Waals surface area (Å²) in [4.78, 5) is 3.34. The smallest absolute Gasteiger partial charge is 0.186 e. The second kappa shape index (κ2) is 8.51. The predicted octanol–water partition coefficient (Wildman–Crippen LogP) is 2.70. The summed E-state index contributed by atoms with van der Waals surface area (Å²) >= 11 is 5.17. The Morgan fingerprint density at radius 2 is 2.23 bits per heavy atom. The van der Waals surface area contributed by atoms with E-state index in [0.717, 1.165) is 48.3 Å². The van der Waals surface area contributed by atoms with Gasteiger partial charge in [0, 0.05) is 41.9 Å². The molecule has 0 bridgehead atoms. The lowest BCUT2D eigenvalue weighted by atomic mass is 10.1. The highest BCUT2D eigenvalue weighted by atomic mass is 32.1. The Kier molecular flexibility index (Phi) is 6.36. The van der Waals surface area contributed by atoms with Gasteiger partial charge in [0.05, 0.1) is 6.21 Å². The number of H-pyrrole nitrogens is 1. The highest BCUT2D eigenvalue weighted by molar-refractivity contribution is 7.80. The van der Waals surface area contributed by atoms with Crippen molar-refractivity contribution in [3.8, 4) is 0 Å². The Balaban J connectivity index is 1.84. The molecule has 1 aromatic heterocycles. The zero-order valence-corrected chi connectivity index (χ0v) is 13.8. The van der Waals surface area contributed by atoms with E-state index in [1.807, 2.05) is 26.0 Å². The summed E-state index contributed by atoms with van der Waals surface area (Å²) in [5, 5.41) is 8.97. The fourth-order valence-electron chi connectivity index (χ4n) is 2.18. The average molecular weight is 318 g/mol. The summed E-state index contributed by atoms with van der Waals surface area (Å²) in [6.45, 7) is 6.28. The Hall–Kier alpha value is -1.92. The Morgan fingerprint density at radius 3 is 3.05 bits per heavy atom. The highest BCUT2D eigenvalue weighted by Gasteiger charge is 2.04. The number of nitrogens with one attached hydrogen (secondary N) is 3. The van der Waals surface area contributed by atoms with Crippen LogP contribution in [0.25, 0.3) is 10.9 Å². The van der Waals surface area contributed by atoms with Gasteiger partial charge < -0.3 is 15.0 Å². The SMILES string of the molecule is CCOCCCNC(=S)N/N=C/c1c(C)[nH]c2ccccc12. The van der Waals surface area contributed by atoms with E-state index in [-0.39, 0.29) is 0 Å². The van der Waals surface area contributed by atoms with Gasteiger partial charge >= 0.3 is 0 Å². The molecule has 22 heavy (non-hydrogen) atoms. The summed E-state index contributed by atoms with van der Waals surface area (Å²) in [5.74, 6) is 0. The highest BCUT2D eigenvalue weighted by Crippen LogP contribution is 2.19. The zero-order valence-electron chi connectivity index (χ0n) is 13.0. The van der Waals surface area contributed by atoms with Crippen LogP contribution in [0, 0.1) is 6.92 Å². The van der Waals surface area contributed by atoms with Crippen molar-refractivity contribution < 1.29 is 4.74 Å². The van der Waals surface area contributed by atoms with Crippen molar-refractivity contribution in [1.82, 2.24) is 15.7 Å². The molecule has 0 aliphatic heterocycles. The molecule has 0 aliphatic carbocycles. The van der Waals surface area contributed by atoms with Gasteiger partial charge in [-0.1, -0.05) is 18.2 Å². The molecule has 1 aromatic carbocycles. The van der Waals surface area contributed by atoms with E-state index >= 15 is 0 Å². The van der Waals surface area contributed by atoms with Crippen molar-refractivity contribution in [3.63, 3.8) is 0 Å². The summed E-state index contributed by atoms with van der Waals surface area (Å²) < 4.78 is 5.26. The number of hydrazone groups is 1. The van der Waals surface area contributed by atoms with Crippen LogP contribution in [0.15, 0.2) is 29.4 Å². The maximum absolute atomic E-state index is 5.26. The van der Waals surface area contributed by atoms with Gasteiger partial charge in [-0.25, -0.2) is 0 Å². The number of rotatable bonds is 7. The second-order valence-corrected chi connectivity index (χ2v) is 5.29. The van der Waals surface area contributed by atoms with E-state index in [1.54, 1.807) is 6.21 Å². The molecule has 0 amide bonds. The van der Waals surface area contributed by atoms with Crippen molar-refractivity contribution in [1.29, 1.82) is 0 Å². The van der Waals surface area contributed by atoms with Gasteiger partial charge in [-0.05, 0) is 38.6 Å². The summed E-state index contributed by atoms with van der Waals surface area (Å²) in [6.07, 6.45) is 2.71. The van der Waals surface area contributed by atoms with Crippen LogP contribution in [-0.4, -0.2) is 36.1 Å². The quantitative estimate of drug-likeness (QED) is 0.318. The number of para-hydroxylation sites is 1. The van der Waals surface area contributed by atoms with Crippen molar-refractivity contribution >= 4 is 34.4 Å². The van der Waals surface area contributed by atoms with Gasteiger partial charge in [0.25, 0.3) is 0 Å². The first-order chi connectivity index (χ1) is 10.7. The molecule has 0 saturated carbocycles. The summed E-state index contributed by atoms with van der Waals surface area (Å²) in [6, 6.07) is 8.16. The lowest BCUT2D eigenvalue weighted by molar-refractivity contribution is 0.145. The van der Waals surface area contributed by atoms with Gasteiger partial charge in [-0.15, -0.1) is 0 Å². The fourth-order valence-corrected chi connectivity index (χ4v) is 2.33. The topological polar surface area (TPSA) is 61.4 Å². The molecule has 0 unspecified atom stereocenters. The number of ether oxygens (including phenoxy) is 1. The number of aromatic amines is 1. The first kappa shape index (κ1) is 16.5. The van der Waals surface area contributed by atoms with Crippen molar-refractivity contribution in [2.75, 3.05) is 19.8 Å². The summed E-state index contributed by atoms with van der Waals surface area (Å²) in [7, 11) is 0. The molecule has 0 fully saturated rings. The third kappa shape index (κ3) is 4.54. The molecule has 1 heterocycles. The number of nitrogens with zero attached hydrogens (tertiary/aromatic N) is 1. The third-order valence-corrected chi connectivity index (χ3v) is 3.49. The molecular weight excluding hydrogens is 296 g/mol. The van der Waals surface area contributed by atoms with E-state index in [4.69, 9.17) is 17.0 Å². The lowest BCUT2D eigenvalue weighted by Gasteiger charge is -2.06. The third-order valence-electron chi connectivity index (χ3n) is 3.26. The molecule has 0 aliphatic rings. The maximum Gasteiger partial charge on any atom is 0.186 e. The lowest BCUT2D eigenvalue weighted by Crippen LogP contribution is -2.33.